The molecule has 2 fully saturated rings. The van der Waals surface area contributed by atoms with E-state index in [1.54, 1.807) is 25.3 Å². The van der Waals surface area contributed by atoms with Crippen LogP contribution in [0.5, 0.6) is 5.75 Å². The van der Waals surface area contributed by atoms with Crippen molar-refractivity contribution in [3.8, 4) is 5.75 Å². The topological polar surface area (TPSA) is 55.6 Å². The minimum atomic E-state index is 0.198. The van der Waals surface area contributed by atoms with Crippen LogP contribution in [0.15, 0.2) is 18.2 Å². The lowest BCUT2D eigenvalue weighted by atomic mass is 9.89. The number of ether oxygens (including phenoxy) is 1. The van der Waals surface area contributed by atoms with Gasteiger partial charge in [0.25, 0.3) is 0 Å². The van der Waals surface area contributed by atoms with E-state index in [1.807, 2.05) is 0 Å². The number of benzene rings is 1. The van der Waals surface area contributed by atoms with Gasteiger partial charge in [0.2, 0.25) is 0 Å². The van der Waals surface area contributed by atoms with Gasteiger partial charge < -0.3 is 15.4 Å². The van der Waals surface area contributed by atoms with Crippen LogP contribution in [0.2, 0.25) is 0 Å². The molecule has 0 bridgehead atoms. The predicted molar refractivity (Wildman–Crippen MR) is 97.4 cm³/mol. The summed E-state index contributed by atoms with van der Waals surface area (Å²) in [5.74, 6) is 3.43. The van der Waals surface area contributed by atoms with Crippen LogP contribution in [-0.4, -0.2) is 37.9 Å². The van der Waals surface area contributed by atoms with Crippen LogP contribution in [0, 0.1) is 17.8 Å². The van der Waals surface area contributed by atoms with Crippen LogP contribution in [0.4, 0.5) is 5.69 Å². The number of fused-ring (bicyclic) bond motifs is 1. The molecule has 0 radical (unpaired) electrons. The number of Topliss-reactive ketones (excluding diaryl/α,β-unsaturated/α-hetero) is 1. The molecular formula is C20H30N2O2. The van der Waals surface area contributed by atoms with E-state index in [-0.39, 0.29) is 5.78 Å². The Balaban J connectivity index is 1.46. The summed E-state index contributed by atoms with van der Waals surface area (Å²) in [6, 6.07) is 5.32. The molecule has 1 aliphatic heterocycles. The molecule has 1 saturated carbocycles. The highest BCUT2D eigenvalue weighted by Crippen LogP contribution is 2.43. The van der Waals surface area contributed by atoms with E-state index in [0.29, 0.717) is 23.4 Å². The van der Waals surface area contributed by atoms with E-state index >= 15 is 0 Å². The third-order valence-corrected chi connectivity index (χ3v) is 5.94. The molecule has 1 aliphatic carbocycles. The highest BCUT2D eigenvalue weighted by atomic mass is 16.5. The Kier molecular flexibility index (Phi) is 5.44. The molecule has 0 amide bonds. The molecule has 4 heteroatoms. The maximum absolute atomic E-state index is 12.4. The Morgan fingerprint density at radius 3 is 2.92 bits per heavy atom. The highest BCUT2D eigenvalue weighted by Gasteiger charge is 2.36. The summed E-state index contributed by atoms with van der Waals surface area (Å²) in [6.45, 7) is 2.52. The Morgan fingerprint density at radius 1 is 1.33 bits per heavy atom. The number of hydrogen-bond acceptors (Lipinski definition) is 4. The highest BCUT2D eigenvalue weighted by molar-refractivity contribution is 5.96. The number of piperidine rings is 1. The SMILES string of the molecule is COc1cc(C(=O)CCCC2CC3CCN(C)CC3C2)ccc1N. The van der Waals surface area contributed by atoms with E-state index in [4.69, 9.17) is 10.5 Å². The largest absolute Gasteiger partial charge is 0.495 e. The zero-order valence-corrected chi connectivity index (χ0v) is 15.0. The summed E-state index contributed by atoms with van der Waals surface area (Å²) in [4.78, 5) is 14.9. The number of nitrogens with two attached hydrogens (primary N) is 1. The molecule has 1 saturated heterocycles. The van der Waals surface area contributed by atoms with Crippen molar-refractivity contribution in [1.82, 2.24) is 4.90 Å². The zero-order chi connectivity index (χ0) is 17.1. The van der Waals surface area contributed by atoms with Crippen molar-refractivity contribution < 1.29 is 9.53 Å². The lowest BCUT2D eigenvalue weighted by molar-refractivity contribution is 0.0977. The minimum Gasteiger partial charge on any atom is -0.495 e. The lowest BCUT2D eigenvalue weighted by Gasteiger charge is -2.32. The second-order valence-corrected chi connectivity index (χ2v) is 7.68. The third-order valence-electron chi connectivity index (χ3n) is 5.94. The Labute approximate surface area is 145 Å². The molecule has 3 unspecified atom stereocenters. The summed E-state index contributed by atoms with van der Waals surface area (Å²) in [5.41, 5.74) is 7.10. The van der Waals surface area contributed by atoms with Crippen molar-refractivity contribution in [2.75, 3.05) is 33.0 Å². The first-order valence-corrected chi connectivity index (χ1v) is 9.22. The van der Waals surface area contributed by atoms with Gasteiger partial charge >= 0.3 is 0 Å². The lowest BCUT2D eigenvalue weighted by Crippen LogP contribution is -2.35. The molecule has 24 heavy (non-hydrogen) atoms. The van der Waals surface area contributed by atoms with Crippen LogP contribution in [-0.2, 0) is 0 Å². The van der Waals surface area contributed by atoms with Crippen LogP contribution in [0.1, 0.15) is 48.9 Å². The van der Waals surface area contributed by atoms with Gasteiger partial charge in [-0.2, -0.15) is 0 Å². The van der Waals surface area contributed by atoms with Crippen molar-refractivity contribution in [1.29, 1.82) is 0 Å². The Hall–Kier alpha value is -1.55. The fourth-order valence-electron chi connectivity index (χ4n) is 4.61. The van der Waals surface area contributed by atoms with Gasteiger partial charge in [-0.25, -0.2) is 0 Å². The van der Waals surface area contributed by atoms with Crippen LogP contribution < -0.4 is 10.5 Å². The van der Waals surface area contributed by atoms with Crippen molar-refractivity contribution in [2.24, 2.45) is 17.8 Å². The van der Waals surface area contributed by atoms with Crippen molar-refractivity contribution >= 4 is 11.5 Å². The molecule has 3 atom stereocenters. The van der Waals surface area contributed by atoms with Gasteiger partial charge in [0.1, 0.15) is 5.75 Å². The second-order valence-electron chi connectivity index (χ2n) is 7.68. The molecular weight excluding hydrogens is 300 g/mol. The van der Waals surface area contributed by atoms with Crippen molar-refractivity contribution in [3.63, 3.8) is 0 Å². The number of methoxy groups -OCH3 is 1. The molecule has 0 aromatic heterocycles. The van der Waals surface area contributed by atoms with Gasteiger partial charge in [0, 0.05) is 18.5 Å². The Morgan fingerprint density at radius 2 is 2.12 bits per heavy atom. The molecule has 2 aliphatic rings. The minimum absolute atomic E-state index is 0.198. The first kappa shape index (κ1) is 17.3. The first-order valence-electron chi connectivity index (χ1n) is 9.22. The van der Waals surface area contributed by atoms with E-state index in [2.05, 4.69) is 11.9 Å². The number of ketones is 1. The average Bonchev–Trinajstić information content (AvgIpc) is 2.96. The number of nitrogen functional groups attached to an aromatic ring is 1. The fraction of sp³-hybridized carbons (Fsp3) is 0.650. The van der Waals surface area contributed by atoms with Crippen LogP contribution >= 0.6 is 0 Å². The average molecular weight is 330 g/mol. The molecule has 4 nitrogen and oxygen atoms in total. The number of carbonyl (C=O) groups excluding carboxylic acids is 1. The standard InChI is InChI=1S/C20H30N2O2/c1-22-9-8-15-10-14(11-17(15)13-22)4-3-5-19(23)16-6-7-18(21)20(12-16)24-2/h6-7,12,14-15,17H,3-5,8-11,13,21H2,1-2H3. The summed E-state index contributed by atoms with van der Waals surface area (Å²) in [6.07, 6.45) is 6.90. The fourth-order valence-corrected chi connectivity index (χ4v) is 4.61. The molecule has 1 heterocycles. The molecule has 1 aromatic rings. The smallest absolute Gasteiger partial charge is 0.163 e. The quantitative estimate of drug-likeness (QED) is 0.639. The zero-order valence-electron chi connectivity index (χ0n) is 15.0. The van der Waals surface area contributed by atoms with E-state index in [9.17, 15) is 4.79 Å². The molecule has 3 rings (SSSR count). The molecule has 0 spiro atoms. The van der Waals surface area contributed by atoms with Crippen LogP contribution in [0.3, 0.4) is 0 Å². The number of carbonyl (C=O) groups is 1. The second kappa shape index (κ2) is 7.56. The first-order chi connectivity index (χ1) is 11.6. The number of hydrogen-bond donors (Lipinski definition) is 1. The third kappa shape index (κ3) is 3.92. The maximum atomic E-state index is 12.4. The van der Waals surface area contributed by atoms with Gasteiger partial charge in [-0.1, -0.05) is 0 Å². The molecule has 2 N–H and O–H groups in total. The van der Waals surface area contributed by atoms with E-state index in [1.165, 1.54) is 38.8 Å². The van der Waals surface area contributed by atoms with Gasteiger partial charge in [0.15, 0.2) is 5.78 Å². The summed E-state index contributed by atoms with van der Waals surface area (Å²) >= 11 is 0. The Bertz CT molecular complexity index is 587. The summed E-state index contributed by atoms with van der Waals surface area (Å²) in [5, 5.41) is 0. The molecule has 132 valence electrons. The predicted octanol–water partition coefficient (Wildman–Crippen LogP) is 3.61. The summed E-state index contributed by atoms with van der Waals surface area (Å²) in [7, 11) is 3.82. The van der Waals surface area contributed by atoms with E-state index in [0.717, 1.165) is 24.2 Å². The van der Waals surface area contributed by atoms with E-state index < -0.39 is 0 Å². The van der Waals surface area contributed by atoms with Crippen molar-refractivity contribution in [3.05, 3.63) is 23.8 Å². The number of likely N-dealkylation sites (tertiary alicyclic amines) is 1. The van der Waals surface area contributed by atoms with Crippen LogP contribution in [0.25, 0.3) is 0 Å². The monoisotopic (exact) mass is 330 g/mol. The number of anilines is 1. The maximum Gasteiger partial charge on any atom is 0.163 e. The normalized spacial score (nSPS) is 27.0. The summed E-state index contributed by atoms with van der Waals surface area (Å²) < 4.78 is 5.20. The van der Waals surface area contributed by atoms with Gasteiger partial charge in [0.05, 0.1) is 12.8 Å². The van der Waals surface area contributed by atoms with Gasteiger partial charge in [-0.05, 0) is 81.6 Å². The van der Waals surface area contributed by atoms with Gasteiger partial charge in [-0.15, -0.1) is 0 Å². The number of rotatable bonds is 6. The molecule has 1 aromatic carbocycles. The van der Waals surface area contributed by atoms with Crippen molar-refractivity contribution in [2.45, 2.75) is 38.5 Å². The van der Waals surface area contributed by atoms with Gasteiger partial charge in [-0.3, -0.25) is 4.79 Å². The number of nitrogens with zero attached hydrogens (tertiary/aromatic N) is 1.